The summed E-state index contributed by atoms with van der Waals surface area (Å²) in [5.41, 5.74) is 0.374. The number of aliphatic hydroxyl groups is 1. The van der Waals surface area contributed by atoms with Gasteiger partial charge in [-0.15, -0.1) is 0 Å². The molecule has 2 aromatic heterocycles. The molecule has 10 nitrogen and oxygen atoms in total. The molecule has 4 rings (SSSR count). The Balaban J connectivity index is 1.61. The Labute approximate surface area is 192 Å². The van der Waals surface area contributed by atoms with E-state index in [4.69, 9.17) is 9.15 Å². The summed E-state index contributed by atoms with van der Waals surface area (Å²) < 4.78 is 11.5. The van der Waals surface area contributed by atoms with Crippen molar-refractivity contribution in [3.05, 3.63) is 35.3 Å². The summed E-state index contributed by atoms with van der Waals surface area (Å²) in [5.74, 6) is 0.616. The van der Waals surface area contributed by atoms with Gasteiger partial charge in [-0.25, -0.2) is 0 Å². The number of pyridine rings is 1. The van der Waals surface area contributed by atoms with Crippen molar-refractivity contribution in [1.82, 2.24) is 15.6 Å². The van der Waals surface area contributed by atoms with Crippen LogP contribution >= 0.6 is 0 Å². The number of aromatic nitrogens is 1. The molecule has 2 aliphatic rings. The van der Waals surface area contributed by atoms with Gasteiger partial charge in [0.2, 0.25) is 5.88 Å². The van der Waals surface area contributed by atoms with Crippen molar-refractivity contribution >= 4 is 23.3 Å². The van der Waals surface area contributed by atoms with Crippen LogP contribution in [0.3, 0.4) is 0 Å². The maximum atomic E-state index is 13.1. The van der Waals surface area contributed by atoms with Crippen LogP contribution in [0.5, 0.6) is 5.88 Å². The van der Waals surface area contributed by atoms with Gasteiger partial charge in [-0.05, 0) is 39.8 Å². The zero-order valence-electron chi connectivity index (χ0n) is 19.4. The van der Waals surface area contributed by atoms with E-state index in [1.807, 2.05) is 32.6 Å². The third kappa shape index (κ3) is 4.81. The van der Waals surface area contributed by atoms with Crippen LogP contribution in [0, 0.1) is 0 Å². The van der Waals surface area contributed by atoms with Gasteiger partial charge >= 0.3 is 0 Å². The van der Waals surface area contributed by atoms with Crippen LogP contribution in [0.4, 0.5) is 11.5 Å². The fourth-order valence-corrected chi connectivity index (χ4v) is 4.17. The Bertz CT molecular complexity index is 1050. The smallest absolute Gasteiger partial charge is 0.259 e. The molecule has 2 aliphatic heterocycles. The molecule has 2 aromatic rings. The van der Waals surface area contributed by atoms with Crippen molar-refractivity contribution < 1.29 is 23.8 Å². The Morgan fingerprint density at radius 1 is 1.42 bits per heavy atom. The number of rotatable bonds is 6. The molecular formula is C23H31N5O5. The van der Waals surface area contributed by atoms with E-state index in [1.54, 1.807) is 12.1 Å². The molecule has 1 atom stereocenters. The maximum Gasteiger partial charge on any atom is 0.259 e. The lowest BCUT2D eigenvalue weighted by Gasteiger charge is -2.36. The summed E-state index contributed by atoms with van der Waals surface area (Å²) in [7, 11) is 0. The van der Waals surface area contributed by atoms with E-state index < -0.39 is 11.4 Å². The Kier molecular flexibility index (Phi) is 6.31. The number of hydrogen-bond acceptors (Lipinski definition) is 8. The largest absolute Gasteiger partial charge is 0.473 e. The minimum atomic E-state index is -0.478. The quantitative estimate of drug-likeness (QED) is 0.514. The van der Waals surface area contributed by atoms with Crippen LogP contribution in [0.2, 0.25) is 0 Å². The molecule has 178 valence electrons. The predicted molar refractivity (Wildman–Crippen MR) is 123 cm³/mol. The molecule has 10 heteroatoms. The first-order valence-corrected chi connectivity index (χ1v) is 11.2. The minimum Gasteiger partial charge on any atom is -0.473 e. The molecule has 33 heavy (non-hydrogen) atoms. The highest BCUT2D eigenvalue weighted by atomic mass is 16.5. The van der Waals surface area contributed by atoms with Crippen molar-refractivity contribution in [2.24, 2.45) is 0 Å². The molecule has 0 unspecified atom stereocenters. The van der Waals surface area contributed by atoms with Crippen LogP contribution < -0.4 is 25.6 Å². The molecule has 0 aliphatic carbocycles. The number of carbonyl (C=O) groups excluding carboxylic acids is 2. The molecule has 1 saturated heterocycles. The number of hydrogen-bond donors (Lipinski definition) is 4. The second-order valence-electron chi connectivity index (χ2n) is 9.34. The fraction of sp³-hybridized carbons (Fsp3) is 0.522. The molecule has 2 amide bonds. The second kappa shape index (κ2) is 9.03. The van der Waals surface area contributed by atoms with E-state index >= 15 is 0 Å². The Morgan fingerprint density at radius 3 is 2.94 bits per heavy atom. The van der Waals surface area contributed by atoms with E-state index in [0.29, 0.717) is 36.8 Å². The molecule has 0 saturated carbocycles. The fourth-order valence-electron chi connectivity index (χ4n) is 4.17. The standard InChI is InChI=1S/C23H31N5O5/c1-13(2)33-22-16(5-6-18(26-22)28-8-7-24-10-14(28)11-29)25-20(30)15-12-32-17-9-23(3,4)27-21(31)19(15)17/h5-6,12-14,24,29H,7-11H2,1-4H3,(H,25,30)(H,27,31)/t14-/m0/s1. The van der Waals surface area contributed by atoms with Gasteiger partial charge in [-0.3, -0.25) is 9.59 Å². The van der Waals surface area contributed by atoms with Crippen molar-refractivity contribution in [2.75, 3.05) is 36.5 Å². The number of nitrogens with one attached hydrogen (secondary N) is 3. The van der Waals surface area contributed by atoms with Gasteiger partial charge < -0.3 is 35.1 Å². The summed E-state index contributed by atoms with van der Waals surface area (Å²) in [6.45, 7) is 9.68. The number of amides is 2. The van der Waals surface area contributed by atoms with E-state index in [1.165, 1.54) is 6.26 Å². The maximum absolute atomic E-state index is 13.1. The van der Waals surface area contributed by atoms with E-state index in [9.17, 15) is 14.7 Å². The first-order valence-electron chi connectivity index (χ1n) is 11.2. The summed E-state index contributed by atoms with van der Waals surface area (Å²) >= 11 is 0. The van der Waals surface area contributed by atoms with Gasteiger partial charge in [0.15, 0.2) is 0 Å². The first-order chi connectivity index (χ1) is 15.7. The lowest BCUT2D eigenvalue weighted by atomic mass is 9.91. The van der Waals surface area contributed by atoms with Crippen molar-refractivity contribution in [3.63, 3.8) is 0 Å². The van der Waals surface area contributed by atoms with Crippen molar-refractivity contribution in [2.45, 2.75) is 51.8 Å². The van der Waals surface area contributed by atoms with Gasteiger partial charge in [-0.1, -0.05) is 0 Å². The molecule has 4 heterocycles. The summed E-state index contributed by atoms with van der Waals surface area (Å²) in [6, 6.07) is 3.42. The SMILES string of the molecule is CC(C)Oc1nc(N2CCNC[C@H]2CO)ccc1NC(=O)c1coc2c1C(=O)NC(C)(C)C2. The average Bonchev–Trinajstić information content (AvgIpc) is 3.17. The van der Waals surface area contributed by atoms with E-state index in [0.717, 1.165) is 6.54 Å². The van der Waals surface area contributed by atoms with Crippen LogP contribution in [0.1, 0.15) is 54.2 Å². The summed E-state index contributed by atoms with van der Waals surface area (Å²) in [4.78, 5) is 32.4. The number of nitrogens with zero attached hydrogens (tertiary/aromatic N) is 2. The Hall–Kier alpha value is -3.11. The van der Waals surface area contributed by atoms with Crippen LogP contribution in [-0.4, -0.2) is 65.8 Å². The van der Waals surface area contributed by atoms with Gasteiger partial charge in [0.1, 0.15) is 23.5 Å². The zero-order valence-corrected chi connectivity index (χ0v) is 19.4. The third-order valence-corrected chi connectivity index (χ3v) is 5.69. The topological polar surface area (TPSA) is 129 Å². The number of ether oxygens (including phenoxy) is 1. The van der Waals surface area contributed by atoms with Crippen LogP contribution in [0.25, 0.3) is 0 Å². The van der Waals surface area contributed by atoms with Crippen molar-refractivity contribution in [3.8, 4) is 5.88 Å². The highest BCUT2D eigenvalue weighted by Gasteiger charge is 2.36. The third-order valence-electron chi connectivity index (χ3n) is 5.69. The first kappa shape index (κ1) is 23.1. The highest BCUT2D eigenvalue weighted by molar-refractivity contribution is 6.13. The molecule has 0 aromatic carbocycles. The van der Waals surface area contributed by atoms with Gasteiger partial charge in [0.25, 0.3) is 11.8 Å². The number of aliphatic hydroxyl groups excluding tert-OH is 1. The molecule has 1 fully saturated rings. The lowest BCUT2D eigenvalue weighted by Crippen LogP contribution is -2.53. The van der Waals surface area contributed by atoms with Gasteiger partial charge in [-0.2, -0.15) is 4.98 Å². The molecule has 4 N–H and O–H groups in total. The average molecular weight is 458 g/mol. The Morgan fingerprint density at radius 2 is 2.21 bits per heavy atom. The highest BCUT2D eigenvalue weighted by Crippen LogP contribution is 2.31. The number of carbonyl (C=O) groups is 2. The number of anilines is 2. The minimum absolute atomic E-state index is 0.00198. The molecule has 0 radical (unpaired) electrons. The molecular weight excluding hydrogens is 426 g/mol. The van der Waals surface area contributed by atoms with E-state index in [2.05, 4.69) is 20.9 Å². The number of furan rings is 1. The van der Waals surface area contributed by atoms with Crippen LogP contribution in [-0.2, 0) is 6.42 Å². The molecule has 0 bridgehead atoms. The normalized spacial score (nSPS) is 19.8. The summed E-state index contributed by atoms with van der Waals surface area (Å²) in [6.07, 6.45) is 1.64. The van der Waals surface area contributed by atoms with Crippen molar-refractivity contribution in [1.29, 1.82) is 0 Å². The van der Waals surface area contributed by atoms with Gasteiger partial charge in [0.05, 0.1) is 29.9 Å². The second-order valence-corrected chi connectivity index (χ2v) is 9.34. The van der Waals surface area contributed by atoms with Gasteiger partial charge in [0, 0.05) is 31.6 Å². The zero-order chi connectivity index (χ0) is 23.8. The predicted octanol–water partition coefficient (Wildman–Crippen LogP) is 1.55. The van der Waals surface area contributed by atoms with E-state index in [-0.39, 0.29) is 41.7 Å². The number of piperazine rings is 1. The monoisotopic (exact) mass is 457 g/mol. The summed E-state index contributed by atoms with van der Waals surface area (Å²) in [5, 5.41) is 18.7. The van der Waals surface area contributed by atoms with Crippen LogP contribution in [0.15, 0.2) is 22.8 Å². The number of fused-ring (bicyclic) bond motifs is 1. The lowest BCUT2D eigenvalue weighted by molar-refractivity contribution is 0.0882. The molecule has 0 spiro atoms.